The molecule has 3 aliphatic heterocycles. The van der Waals surface area contributed by atoms with Crippen molar-refractivity contribution < 1.29 is 66.9 Å². The van der Waals surface area contributed by atoms with Crippen molar-refractivity contribution in [1.82, 2.24) is 44.1 Å². The maximum Gasteiger partial charge on any atom is 0.459 e. The largest absolute Gasteiger partial charge is 0.497 e. The van der Waals surface area contributed by atoms with E-state index in [9.17, 15) is 24.7 Å². The lowest BCUT2D eigenvalue weighted by atomic mass is 9.77. The number of fused-ring (bicyclic) bond motifs is 4. The second-order valence-corrected chi connectivity index (χ2v) is 26.5. The third kappa shape index (κ3) is 14.0. The second-order valence-electron chi connectivity index (χ2n) is 20.5. The van der Waals surface area contributed by atoms with Gasteiger partial charge in [-0.3, -0.25) is 18.5 Å². The lowest BCUT2D eigenvalue weighted by Crippen LogP contribution is -2.41. The molecule has 3 saturated heterocycles. The van der Waals surface area contributed by atoms with Crippen molar-refractivity contribution in [3.05, 3.63) is 169 Å². The summed E-state index contributed by atoms with van der Waals surface area (Å²) in [7, 11) is 4.87. The van der Waals surface area contributed by atoms with Crippen LogP contribution in [0.3, 0.4) is 0 Å². The molecule has 7 heterocycles. The Kier molecular flexibility index (Phi) is 22.1. The van der Waals surface area contributed by atoms with E-state index in [0.717, 1.165) is 35.8 Å². The molecule has 89 heavy (non-hydrogen) atoms. The van der Waals surface area contributed by atoms with Crippen LogP contribution in [-0.2, 0) is 47.8 Å². The van der Waals surface area contributed by atoms with Gasteiger partial charge in [0.1, 0.15) is 77.9 Å². The van der Waals surface area contributed by atoms with Crippen molar-refractivity contribution in [1.29, 1.82) is 0 Å². The van der Waals surface area contributed by atoms with Crippen LogP contribution in [0.4, 0.5) is 11.6 Å². The molecule has 12 rings (SSSR count). The number of methoxy groups -OCH3 is 2. The van der Waals surface area contributed by atoms with Crippen molar-refractivity contribution in [2.24, 2.45) is 0 Å². The third-order valence-corrected chi connectivity index (χ3v) is 16.7. The quantitative estimate of drug-likeness (QED) is 0.0251. The first kappa shape index (κ1) is 66.7. The smallest absolute Gasteiger partial charge is 0.459 e. The summed E-state index contributed by atoms with van der Waals surface area (Å²) in [6.45, 7) is 5.54. The van der Waals surface area contributed by atoms with E-state index in [1.807, 2.05) is 66.7 Å². The van der Waals surface area contributed by atoms with Gasteiger partial charge in [-0.05, 0) is 68.0 Å². The molecule has 29 heteroatoms. The Morgan fingerprint density at radius 3 is 1.94 bits per heavy atom. The summed E-state index contributed by atoms with van der Waals surface area (Å²) in [5, 5.41) is 40.2. The summed E-state index contributed by atoms with van der Waals surface area (Å²) in [5.74, 6) is 1.01. The van der Waals surface area contributed by atoms with E-state index in [2.05, 4.69) is 84.6 Å². The maximum absolute atomic E-state index is 14.2. The summed E-state index contributed by atoms with van der Waals surface area (Å²) in [6.07, 6.45) is -3.68. The van der Waals surface area contributed by atoms with Gasteiger partial charge >= 0.3 is 13.7 Å². The highest BCUT2D eigenvalue weighted by molar-refractivity contribution is 8.33. The van der Waals surface area contributed by atoms with Crippen LogP contribution >= 0.6 is 33.6 Å². The summed E-state index contributed by atoms with van der Waals surface area (Å²) in [4.78, 5) is 38.7. The normalized spacial score (nSPS) is 22.9. The van der Waals surface area contributed by atoms with Crippen LogP contribution in [-0.4, -0.2) is 143 Å². The molecular formula is C60H73N11O14P4. The van der Waals surface area contributed by atoms with Gasteiger partial charge in [0.2, 0.25) is 0 Å². The zero-order valence-corrected chi connectivity index (χ0v) is 52.9. The number of hydrogen-bond acceptors (Lipinski definition) is 22. The van der Waals surface area contributed by atoms with Crippen molar-refractivity contribution in [3.63, 3.8) is 0 Å². The molecule has 9 aromatic rings. The van der Waals surface area contributed by atoms with Crippen LogP contribution in [0.1, 0.15) is 64.3 Å². The minimum absolute atomic E-state index is 0. The molecule has 0 aliphatic carbocycles. The van der Waals surface area contributed by atoms with Gasteiger partial charge in [0, 0.05) is 12.5 Å². The van der Waals surface area contributed by atoms with E-state index in [1.165, 1.54) is 44.5 Å². The monoisotopic (exact) mass is 1300 g/mol. The molecular weight excluding hydrogens is 1220 g/mol. The number of nitrogens with zero attached hydrogens (tertiary/aromatic N) is 8. The summed E-state index contributed by atoms with van der Waals surface area (Å²) in [5.41, 5.74) is 9.66. The Balaban J connectivity index is 0.000000201. The number of anilines is 2. The SMILES string of the molecule is C.CCOC(=O)[C@H](C)NP(=O)(Oc1cccc2ccccc12)O[C@@H](C)[C@H]1O[C@@H](n2cnc3c(N)ncnc32)[C@H](O)[C@@H]1O.COc1ccc(C(Nc2ncnc3c2ncn3[C@@H]2O[C@H]([C@H](C)O)[C@H]3OC(OC)O[C@H]32)(c2ccccc2)c2ccccc2)cc1.PPP. The number of carbonyl (C=O) groups is 1. The van der Waals surface area contributed by atoms with Crippen LogP contribution in [0, 0.1) is 0 Å². The number of nitrogens with two attached hydrogens (primary N) is 1. The number of aromatic nitrogens is 8. The first-order chi connectivity index (χ1) is 42.6. The second kappa shape index (κ2) is 29.5. The number of ether oxygens (including phenoxy) is 7. The molecule has 5 aromatic carbocycles. The Morgan fingerprint density at radius 1 is 0.730 bits per heavy atom. The number of benzene rings is 5. The topological polar surface area (TPSA) is 315 Å². The standard InChI is InChI=1S/C33H33N5O6.C26H31N6O8P.CH4.H5P3/c1-20(39)26-27-28(44-32(41-3)43-27)31(42-26)38-19-36-25-29(34-18-35-30(25)38)37-33(21-10-6-4-7-11-21,22-12-8-5-9-13-22)23-14-16-24(40-2)17-15-23;1-4-37-26(35)14(2)31-41(36,40-18-11-7-9-16-8-5-6-10-17(16)18)39-15(3)22-20(33)21(34)25(38-22)32-13-30-19-23(27)28-12-29-24(19)32;;1-3-2/h4-20,26-28,31-32,39H,1-3H3,(H,34,35,37);5-15,20-22,25,33-34H,4H2,1-3H3,(H,31,36)(H2,27,28,29);1H4;3H,1-2H2/t20-,26+,27+,28+,31+,32?;14-,15-,20-,21+,22+,25+,41?;;/m00../s1. The predicted octanol–water partition coefficient (Wildman–Crippen LogP) is 8.43. The summed E-state index contributed by atoms with van der Waals surface area (Å²) in [6, 6.07) is 39.9. The zero-order valence-electron chi connectivity index (χ0n) is 48.7. The van der Waals surface area contributed by atoms with E-state index in [4.69, 9.17) is 57.9 Å². The molecule has 0 spiro atoms. The van der Waals surface area contributed by atoms with Gasteiger partial charge in [-0.2, -0.15) is 5.09 Å². The Morgan fingerprint density at radius 2 is 1.30 bits per heavy atom. The first-order valence-electron chi connectivity index (χ1n) is 28.0. The highest BCUT2D eigenvalue weighted by Crippen LogP contribution is 2.50. The molecule has 4 aromatic heterocycles. The number of rotatable bonds is 19. The molecule has 15 atom stereocenters. The fourth-order valence-electron chi connectivity index (χ4n) is 10.9. The van der Waals surface area contributed by atoms with Crippen LogP contribution < -0.4 is 25.4 Å². The fraction of sp³-hybridized carbons (Fsp3) is 0.350. The number of aliphatic hydroxyl groups excluding tert-OH is 3. The molecule has 3 aliphatic rings. The minimum Gasteiger partial charge on any atom is -0.497 e. The number of imidazole rings is 2. The molecule has 3 fully saturated rings. The van der Waals surface area contributed by atoms with Crippen molar-refractivity contribution >= 4 is 84.3 Å². The maximum atomic E-state index is 14.2. The van der Waals surface area contributed by atoms with Gasteiger partial charge in [0.15, 0.2) is 40.9 Å². The van der Waals surface area contributed by atoms with Gasteiger partial charge in [0.25, 0.3) is 6.48 Å². The van der Waals surface area contributed by atoms with Gasteiger partial charge < -0.3 is 64.1 Å². The Bertz CT molecular complexity index is 3800. The van der Waals surface area contributed by atoms with Gasteiger partial charge in [-0.15, -0.1) is 17.9 Å². The summed E-state index contributed by atoms with van der Waals surface area (Å²) >= 11 is 0. The van der Waals surface area contributed by atoms with E-state index in [0.29, 0.717) is 27.9 Å². The van der Waals surface area contributed by atoms with Crippen molar-refractivity contribution in [3.8, 4) is 11.5 Å². The van der Waals surface area contributed by atoms with E-state index in [1.54, 1.807) is 56.1 Å². The Labute approximate surface area is 520 Å². The number of nitrogen functional groups attached to an aromatic ring is 1. The lowest BCUT2D eigenvalue weighted by molar-refractivity contribution is -0.259. The number of esters is 1. The highest BCUT2D eigenvalue weighted by Gasteiger charge is 2.56. The van der Waals surface area contributed by atoms with Crippen LogP contribution in [0.25, 0.3) is 33.1 Å². The van der Waals surface area contributed by atoms with Gasteiger partial charge in [0.05, 0.1) is 38.6 Å². The first-order valence-corrected chi connectivity index (χ1v) is 34.1. The molecule has 7 N–H and O–H groups in total. The number of carbonyl (C=O) groups excluding carboxylic acids is 1. The number of nitrogens with one attached hydrogen (secondary N) is 2. The Hall–Kier alpha value is -6.75. The van der Waals surface area contributed by atoms with E-state index >= 15 is 0 Å². The highest BCUT2D eigenvalue weighted by atomic mass is 32.4. The van der Waals surface area contributed by atoms with Gasteiger partial charge in [-0.1, -0.05) is 125 Å². The molecule has 4 unspecified atom stereocenters. The molecule has 472 valence electrons. The zero-order chi connectivity index (χ0) is 62.3. The molecule has 25 nitrogen and oxygen atoms in total. The number of aliphatic hydroxyl groups is 3. The number of hydrogen-bond donors (Lipinski definition) is 6. The average molecular weight is 1300 g/mol. The van der Waals surface area contributed by atoms with E-state index < -0.39 is 93.1 Å². The van der Waals surface area contributed by atoms with E-state index in [-0.39, 0.29) is 31.2 Å². The summed E-state index contributed by atoms with van der Waals surface area (Å²) < 4.78 is 69.3. The predicted molar refractivity (Wildman–Crippen MR) is 343 cm³/mol. The average Bonchev–Trinajstić information content (AvgIpc) is 1.77. The molecule has 0 bridgehead atoms. The molecule has 0 amide bonds. The lowest BCUT2D eigenvalue weighted by Gasteiger charge is -2.37. The third-order valence-electron chi connectivity index (χ3n) is 15.0. The van der Waals surface area contributed by atoms with Crippen molar-refractivity contribution in [2.75, 3.05) is 31.9 Å². The molecule has 0 saturated carbocycles. The minimum atomic E-state index is -4.34. The van der Waals surface area contributed by atoms with Crippen LogP contribution in [0.5, 0.6) is 11.5 Å². The van der Waals surface area contributed by atoms with Crippen LogP contribution in [0.15, 0.2) is 153 Å². The fourth-order valence-corrected chi connectivity index (χ4v) is 12.6. The van der Waals surface area contributed by atoms with Crippen molar-refractivity contribution in [2.45, 2.75) is 114 Å². The molecule has 0 radical (unpaired) electrons. The van der Waals surface area contributed by atoms with Gasteiger partial charge in [-0.25, -0.2) is 34.5 Å². The van der Waals surface area contributed by atoms with Crippen LogP contribution in [0.2, 0.25) is 0 Å².